The molecule has 1 aliphatic heterocycles. The van der Waals surface area contributed by atoms with Crippen LogP contribution in [0.3, 0.4) is 0 Å². The molecule has 0 fully saturated rings. The van der Waals surface area contributed by atoms with Gasteiger partial charge in [-0.05, 0) is 59.4 Å². The molecule has 0 amide bonds. The van der Waals surface area contributed by atoms with Gasteiger partial charge in [-0.15, -0.1) is 0 Å². The zero-order valence-corrected chi connectivity index (χ0v) is 21.8. The maximum atomic E-state index is 13.0. The molecule has 0 bridgehead atoms. The molecule has 4 aromatic rings. The lowest BCUT2D eigenvalue weighted by molar-refractivity contribution is 0.356. The first-order valence-corrected chi connectivity index (χ1v) is 13.1. The van der Waals surface area contributed by atoms with Crippen LogP contribution in [0.25, 0.3) is 10.9 Å². The van der Waals surface area contributed by atoms with Crippen molar-refractivity contribution in [1.82, 2.24) is 9.97 Å². The Balaban J connectivity index is 1.39. The number of benzene rings is 3. The van der Waals surface area contributed by atoms with Gasteiger partial charge in [-0.25, -0.2) is 14.2 Å². The Kier molecular flexibility index (Phi) is 6.78. The number of hydrogen-bond donors (Lipinski definition) is 1. The van der Waals surface area contributed by atoms with Crippen molar-refractivity contribution in [3.8, 4) is 11.5 Å². The smallest absolute Gasteiger partial charge is 0.162 e. The van der Waals surface area contributed by atoms with Crippen molar-refractivity contribution in [2.45, 2.75) is 37.6 Å². The summed E-state index contributed by atoms with van der Waals surface area (Å²) >= 11 is 0. The summed E-state index contributed by atoms with van der Waals surface area (Å²) in [5, 5.41) is 0.916. The predicted molar refractivity (Wildman–Crippen MR) is 144 cm³/mol. The van der Waals surface area contributed by atoms with Gasteiger partial charge in [0.05, 0.1) is 24.6 Å². The molecule has 0 saturated carbocycles. The van der Waals surface area contributed by atoms with E-state index < -0.39 is 11.0 Å². The fraction of sp³-hybridized carbons (Fsp3) is 0.286. The molecular formula is C28H30N4O3S. The molecule has 0 saturated heterocycles. The third-order valence-corrected chi connectivity index (χ3v) is 7.73. The highest BCUT2D eigenvalue weighted by atomic mass is 32.2. The van der Waals surface area contributed by atoms with E-state index in [1.54, 1.807) is 20.5 Å². The quantitative estimate of drug-likeness (QED) is 0.361. The Labute approximate surface area is 214 Å². The van der Waals surface area contributed by atoms with Crippen LogP contribution >= 0.6 is 0 Å². The number of anilines is 2. The molecule has 36 heavy (non-hydrogen) atoms. The van der Waals surface area contributed by atoms with E-state index in [1.807, 2.05) is 42.5 Å². The Morgan fingerprint density at radius 2 is 1.69 bits per heavy atom. The summed E-state index contributed by atoms with van der Waals surface area (Å²) in [5.74, 6) is 2.59. The SMILES string of the molecule is COc1cc2ncnc(N3CCc4ccc(NS(=O)c5ccc(C(C)C)cc5)cc4C3)c2cc1OC. The van der Waals surface area contributed by atoms with Crippen molar-refractivity contribution >= 4 is 33.4 Å². The van der Waals surface area contributed by atoms with E-state index in [0.717, 1.165) is 40.3 Å². The number of methoxy groups -OCH3 is 2. The molecule has 3 aromatic carbocycles. The molecule has 186 valence electrons. The number of nitrogens with zero attached hydrogens (tertiary/aromatic N) is 3. The predicted octanol–water partition coefficient (Wildman–Crippen LogP) is 5.47. The van der Waals surface area contributed by atoms with Crippen LogP contribution < -0.4 is 19.1 Å². The number of rotatable bonds is 7. The van der Waals surface area contributed by atoms with Crippen LogP contribution in [0.15, 0.2) is 65.8 Å². The summed E-state index contributed by atoms with van der Waals surface area (Å²) in [5.41, 5.74) is 5.35. The van der Waals surface area contributed by atoms with Gasteiger partial charge in [0.2, 0.25) is 0 Å². The lowest BCUT2D eigenvalue weighted by Crippen LogP contribution is -2.31. The lowest BCUT2D eigenvalue weighted by atomic mass is 9.99. The molecule has 0 spiro atoms. The van der Waals surface area contributed by atoms with Crippen molar-refractivity contribution in [3.05, 3.63) is 77.6 Å². The largest absolute Gasteiger partial charge is 0.493 e. The van der Waals surface area contributed by atoms with Gasteiger partial charge in [-0.2, -0.15) is 0 Å². The first kappa shape index (κ1) is 24.1. The molecule has 7 nitrogen and oxygen atoms in total. The standard InChI is InChI=1S/C28H30N4O3S/c1-18(2)19-6-9-23(10-7-19)36(33)31-22-8-5-20-11-12-32(16-21(20)13-22)28-24-14-26(34-3)27(35-4)15-25(24)29-17-30-28/h5-10,13-15,17-18,31H,11-12,16H2,1-4H3. The summed E-state index contributed by atoms with van der Waals surface area (Å²) in [6, 6.07) is 18.0. The van der Waals surface area contributed by atoms with Gasteiger partial charge in [0.25, 0.3) is 0 Å². The van der Waals surface area contributed by atoms with E-state index in [2.05, 4.69) is 45.6 Å². The van der Waals surface area contributed by atoms with Crippen molar-refractivity contribution in [2.24, 2.45) is 0 Å². The molecule has 0 aliphatic carbocycles. The van der Waals surface area contributed by atoms with Crippen LogP contribution in [0.1, 0.15) is 36.5 Å². The van der Waals surface area contributed by atoms with E-state index in [-0.39, 0.29) is 0 Å². The average Bonchev–Trinajstić information content (AvgIpc) is 2.91. The molecule has 5 rings (SSSR count). The van der Waals surface area contributed by atoms with Crippen LogP contribution in [0.5, 0.6) is 11.5 Å². The second kappa shape index (κ2) is 10.1. The van der Waals surface area contributed by atoms with Gasteiger partial charge < -0.3 is 19.1 Å². The van der Waals surface area contributed by atoms with Crippen LogP contribution in [-0.4, -0.2) is 34.9 Å². The highest BCUT2D eigenvalue weighted by Gasteiger charge is 2.21. The minimum atomic E-state index is -1.34. The Morgan fingerprint density at radius 3 is 2.42 bits per heavy atom. The van der Waals surface area contributed by atoms with Gasteiger partial charge in [0.15, 0.2) is 11.5 Å². The third kappa shape index (κ3) is 4.73. The highest BCUT2D eigenvalue weighted by molar-refractivity contribution is 7.86. The van der Waals surface area contributed by atoms with Crippen molar-refractivity contribution < 1.29 is 13.7 Å². The number of nitrogens with one attached hydrogen (secondary N) is 1. The van der Waals surface area contributed by atoms with Crippen LogP contribution in [-0.2, 0) is 24.0 Å². The Hall–Kier alpha value is -3.65. The van der Waals surface area contributed by atoms with Gasteiger partial charge in [0, 0.05) is 30.2 Å². The Bertz CT molecular complexity index is 1420. The van der Waals surface area contributed by atoms with Crippen molar-refractivity contribution in [3.63, 3.8) is 0 Å². The first-order valence-electron chi connectivity index (χ1n) is 12.0. The molecule has 1 atom stereocenters. The molecule has 0 radical (unpaired) electrons. The summed E-state index contributed by atoms with van der Waals surface area (Å²) in [6.45, 7) is 5.84. The van der Waals surface area contributed by atoms with E-state index in [4.69, 9.17) is 9.47 Å². The summed E-state index contributed by atoms with van der Waals surface area (Å²) in [7, 11) is 1.91. The molecule has 1 aliphatic rings. The van der Waals surface area contributed by atoms with E-state index in [0.29, 0.717) is 24.0 Å². The highest BCUT2D eigenvalue weighted by Crippen LogP contribution is 2.36. The molecule has 8 heteroatoms. The third-order valence-electron chi connectivity index (χ3n) is 6.61. The topological polar surface area (TPSA) is 76.6 Å². The average molecular weight is 503 g/mol. The summed E-state index contributed by atoms with van der Waals surface area (Å²) in [6.07, 6.45) is 2.49. The summed E-state index contributed by atoms with van der Waals surface area (Å²) < 4.78 is 27.1. The van der Waals surface area contributed by atoms with Crippen LogP contribution in [0.4, 0.5) is 11.5 Å². The van der Waals surface area contributed by atoms with E-state index >= 15 is 0 Å². The number of fused-ring (bicyclic) bond motifs is 2. The Morgan fingerprint density at radius 1 is 0.944 bits per heavy atom. The number of hydrogen-bond acceptors (Lipinski definition) is 6. The van der Waals surface area contributed by atoms with Crippen molar-refractivity contribution in [2.75, 3.05) is 30.4 Å². The zero-order chi connectivity index (χ0) is 25.2. The molecule has 2 heterocycles. The first-order chi connectivity index (χ1) is 17.5. The van der Waals surface area contributed by atoms with E-state index in [9.17, 15) is 4.21 Å². The lowest BCUT2D eigenvalue weighted by Gasteiger charge is -2.31. The fourth-order valence-electron chi connectivity index (χ4n) is 4.57. The van der Waals surface area contributed by atoms with Gasteiger partial charge in [-0.1, -0.05) is 32.0 Å². The molecular weight excluding hydrogens is 472 g/mol. The number of ether oxygens (including phenoxy) is 2. The van der Waals surface area contributed by atoms with Crippen LogP contribution in [0, 0.1) is 0 Å². The zero-order valence-electron chi connectivity index (χ0n) is 20.9. The van der Waals surface area contributed by atoms with Crippen LogP contribution in [0.2, 0.25) is 0 Å². The number of aromatic nitrogens is 2. The van der Waals surface area contributed by atoms with Gasteiger partial charge in [0.1, 0.15) is 23.1 Å². The normalized spacial score (nSPS) is 14.0. The van der Waals surface area contributed by atoms with Crippen molar-refractivity contribution in [1.29, 1.82) is 0 Å². The molecule has 1 N–H and O–H groups in total. The van der Waals surface area contributed by atoms with Gasteiger partial charge in [-0.3, -0.25) is 0 Å². The maximum Gasteiger partial charge on any atom is 0.162 e. The van der Waals surface area contributed by atoms with E-state index in [1.165, 1.54) is 16.7 Å². The molecule has 1 unspecified atom stereocenters. The monoisotopic (exact) mass is 502 g/mol. The molecule has 1 aromatic heterocycles. The fourth-order valence-corrected chi connectivity index (χ4v) is 5.41. The second-order valence-electron chi connectivity index (χ2n) is 9.17. The second-order valence-corrected chi connectivity index (χ2v) is 10.4. The van der Waals surface area contributed by atoms with Gasteiger partial charge >= 0.3 is 0 Å². The maximum absolute atomic E-state index is 13.0. The minimum absolute atomic E-state index is 0.444. The summed E-state index contributed by atoms with van der Waals surface area (Å²) in [4.78, 5) is 12.1. The minimum Gasteiger partial charge on any atom is -0.493 e.